The molecule has 4 heteroatoms. The summed E-state index contributed by atoms with van der Waals surface area (Å²) in [6, 6.07) is 25.5. The Hall–Kier alpha value is -3.66. The lowest BCUT2D eigenvalue weighted by atomic mass is 10.1. The number of aromatic nitrogens is 1. The van der Waals surface area contributed by atoms with E-state index in [2.05, 4.69) is 5.32 Å². The van der Waals surface area contributed by atoms with Gasteiger partial charge in [-0.05, 0) is 37.6 Å². The number of aryl methyl sites for hydroxylation is 2. The Kier molecular flexibility index (Phi) is 5.25. The van der Waals surface area contributed by atoms with Crippen molar-refractivity contribution >= 4 is 22.5 Å². The van der Waals surface area contributed by atoms with Gasteiger partial charge in [-0.3, -0.25) is 4.79 Å². The molecule has 0 aliphatic carbocycles. The van der Waals surface area contributed by atoms with Gasteiger partial charge in [0, 0.05) is 22.7 Å². The van der Waals surface area contributed by atoms with E-state index in [0.29, 0.717) is 5.75 Å². The van der Waals surface area contributed by atoms with Gasteiger partial charge < -0.3 is 10.1 Å². The fourth-order valence-corrected chi connectivity index (χ4v) is 3.30. The van der Waals surface area contributed by atoms with Crippen molar-refractivity contribution in [3.63, 3.8) is 0 Å². The number of amides is 1. The van der Waals surface area contributed by atoms with Crippen LogP contribution in [-0.2, 0) is 4.79 Å². The molecule has 0 bridgehead atoms. The Bertz CT molecular complexity index is 1170. The molecule has 0 aliphatic rings. The molecule has 0 atom stereocenters. The van der Waals surface area contributed by atoms with Gasteiger partial charge in [-0.2, -0.15) is 0 Å². The predicted octanol–water partition coefficient (Wildman–Crippen LogP) is 5.54. The molecule has 0 spiro atoms. The molecule has 1 aromatic heterocycles. The van der Waals surface area contributed by atoms with Crippen molar-refractivity contribution in [3.8, 4) is 17.0 Å². The largest absolute Gasteiger partial charge is 0.483 e. The van der Waals surface area contributed by atoms with E-state index in [-0.39, 0.29) is 12.5 Å². The van der Waals surface area contributed by atoms with E-state index in [0.717, 1.165) is 39.0 Å². The van der Waals surface area contributed by atoms with Gasteiger partial charge in [0.2, 0.25) is 0 Å². The highest BCUT2D eigenvalue weighted by Crippen LogP contribution is 2.30. The summed E-state index contributed by atoms with van der Waals surface area (Å²) >= 11 is 0. The Morgan fingerprint density at radius 3 is 2.48 bits per heavy atom. The summed E-state index contributed by atoms with van der Waals surface area (Å²) in [6.45, 7) is 3.93. The van der Waals surface area contributed by atoms with Crippen molar-refractivity contribution < 1.29 is 9.53 Å². The third-order valence-corrected chi connectivity index (χ3v) is 4.76. The first-order chi connectivity index (χ1) is 14.1. The minimum absolute atomic E-state index is 0.0739. The van der Waals surface area contributed by atoms with E-state index in [1.165, 1.54) is 0 Å². The van der Waals surface area contributed by atoms with Crippen molar-refractivity contribution in [2.75, 3.05) is 11.9 Å². The number of pyridine rings is 1. The van der Waals surface area contributed by atoms with Gasteiger partial charge in [0.05, 0.1) is 11.2 Å². The number of carbonyl (C=O) groups is 1. The molecule has 0 aliphatic heterocycles. The molecular formula is C25H22N2O2. The monoisotopic (exact) mass is 382 g/mol. The molecule has 144 valence electrons. The van der Waals surface area contributed by atoms with Crippen LogP contribution in [0.25, 0.3) is 22.2 Å². The van der Waals surface area contributed by atoms with Crippen LogP contribution in [-0.4, -0.2) is 17.5 Å². The van der Waals surface area contributed by atoms with Gasteiger partial charge in [0.1, 0.15) is 5.75 Å². The van der Waals surface area contributed by atoms with Crippen LogP contribution in [0.2, 0.25) is 0 Å². The summed E-state index contributed by atoms with van der Waals surface area (Å²) in [5.41, 5.74) is 5.64. The van der Waals surface area contributed by atoms with Crippen molar-refractivity contribution in [1.82, 2.24) is 4.98 Å². The third-order valence-electron chi connectivity index (χ3n) is 4.76. The first-order valence-corrected chi connectivity index (χ1v) is 9.55. The van der Waals surface area contributed by atoms with Crippen molar-refractivity contribution in [2.45, 2.75) is 13.8 Å². The van der Waals surface area contributed by atoms with Crippen LogP contribution in [0.5, 0.6) is 5.75 Å². The average Bonchev–Trinajstić information content (AvgIpc) is 2.74. The van der Waals surface area contributed by atoms with Crippen molar-refractivity contribution in [3.05, 3.63) is 90.0 Å². The molecular weight excluding hydrogens is 360 g/mol. The standard InChI is InChI=1S/C25H22N2O2/c1-17-12-13-21(18(2)14-17)27-25(28)16-29-24-15-23(19-8-4-3-5-9-19)26-22-11-7-6-10-20(22)24/h3-15H,16H2,1-2H3,(H,27,28). The van der Waals surface area contributed by atoms with Crippen molar-refractivity contribution in [2.24, 2.45) is 0 Å². The second-order valence-corrected chi connectivity index (χ2v) is 7.04. The van der Waals surface area contributed by atoms with Gasteiger partial charge in [-0.25, -0.2) is 4.98 Å². The number of para-hydroxylation sites is 1. The number of nitrogens with zero attached hydrogens (tertiary/aromatic N) is 1. The van der Waals surface area contributed by atoms with Gasteiger partial charge in [0.15, 0.2) is 6.61 Å². The van der Waals surface area contributed by atoms with Gasteiger partial charge in [0.25, 0.3) is 5.91 Å². The van der Waals surface area contributed by atoms with Crippen molar-refractivity contribution in [1.29, 1.82) is 0 Å². The number of nitrogens with one attached hydrogen (secondary N) is 1. The van der Waals surface area contributed by atoms with Crippen LogP contribution in [0.15, 0.2) is 78.9 Å². The number of fused-ring (bicyclic) bond motifs is 1. The lowest BCUT2D eigenvalue weighted by molar-refractivity contribution is -0.118. The van der Waals surface area contributed by atoms with E-state index in [9.17, 15) is 4.79 Å². The molecule has 4 nitrogen and oxygen atoms in total. The normalized spacial score (nSPS) is 10.7. The van der Waals surface area contributed by atoms with E-state index >= 15 is 0 Å². The maximum Gasteiger partial charge on any atom is 0.262 e. The Morgan fingerprint density at radius 2 is 1.69 bits per heavy atom. The molecule has 0 saturated carbocycles. The molecule has 29 heavy (non-hydrogen) atoms. The number of hydrogen-bond acceptors (Lipinski definition) is 3. The summed E-state index contributed by atoms with van der Waals surface area (Å²) in [5.74, 6) is 0.448. The van der Waals surface area contributed by atoms with Crippen LogP contribution in [0.3, 0.4) is 0 Å². The fraction of sp³-hybridized carbons (Fsp3) is 0.120. The van der Waals surface area contributed by atoms with Gasteiger partial charge in [-0.15, -0.1) is 0 Å². The minimum Gasteiger partial charge on any atom is -0.483 e. The molecule has 0 unspecified atom stereocenters. The van der Waals surface area contributed by atoms with Crippen LogP contribution in [0, 0.1) is 13.8 Å². The number of benzene rings is 3. The van der Waals surface area contributed by atoms with Crippen LogP contribution in [0.1, 0.15) is 11.1 Å². The van der Waals surface area contributed by atoms with E-state index < -0.39 is 0 Å². The summed E-state index contributed by atoms with van der Waals surface area (Å²) < 4.78 is 5.93. The summed E-state index contributed by atoms with van der Waals surface area (Å²) in [5, 5.41) is 3.80. The summed E-state index contributed by atoms with van der Waals surface area (Å²) in [4.78, 5) is 17.2. The first-order valence-electron chi connectivity index (χ1n) is 9.55. The first kappa shape index (κ1) is 18.7. The molecule has 0 saturated heterocycles. The highest BCUT2D eigenvalue weighted by Gasteiger charge is 2.11. The zero-order chi connectivity index (χ0) is 20.2. The number of rotatable bonds is 5. The fourth-order valence-electron chi connectivity index (χ4n) is 3.30. The lowest BCUT2D eigenvalue weighted by Crippen LogP contribution is -2.20. The smallest absolute Gasteiger partial charge is 0.262 e. The molecule has 3 aromatic carbocycles. The maximum atomic E-state index is 12.5. The Morgan fingerprint density at radius 1 is 0.931 bits per heavy atom. The molecule has 4 aromatic rings. The number of hydrogen-bond donors (Lipinski definition) is 1. The average molecular weight is 382 g/mol. The maximum absolute atomic E-state index is 12.5. The molecule has 0 fully saturated rings. The number of ether oxygens (including phenoxy) is 1. The molecule has 0 radical (unpaired) electrons. The predicted molar refractivity (Wildman–Crippen MR) is 117 cm³/mol. The zero-order valence-electron chi connectivity index (χ0n) is 16.5. The Balaban J connectivity index is 1.57. The Labute approximate surface area is 170 Å². The van der Waals surface area contributed by atoms with Crippen LogP contribution in [0.4, 0.5) is 5.69 Å². The summed E-state index contributed by atoms with van der Waals surface area (Å²) in [7, 11) is 0. The number of anilines is 1. The third kappa shape index (κ3) is 4.27. The zero-order valence-corrected chi connectivity index (χ0v) is 16.5. The van der Waals surface area contributed by atoms with Crippen LogP contribution >= 0.6 is 0 Å². The SMILES string of the molecule is Cc1ccc(NC(=O)COc2cc(-c3ccccc3)nc3ccccc23)c(C)c1. The van der Waals surface area contributed by atoms with E-state index in [1.807, 2.05) is 92.7 Å². The highest BCUT2D eigenvalue weighted by atomic mass is 16.5. The molecule has 1 amide bonds. The quantitative estimate of drug-likeness (QED) is 0.493. The van der Waals surface area contributed by atoms with Gasteiger partial charge >= 0.3 is 0 Å². The molecule has 1 heterocycles. The highest BCUT2D eigenvalue weighted by molar-refractivity contribution is 5.93. The topological polar surface area (TPSA) is 51.2 Å². The number of carbonyl (C=O) groups excluding carboxylic acids is 1. The second kappa shape index (κ2) is 8.15. The van der Waals surface area contributed by atoms with E-state index in [1.54, 1.807) is 0 Å². The summed E-state index contributed by atoms with van der Waals surface area (Å²) in [6.07, 6.45) is 0. The minimum atomic E-state index is -0.195. The van der Waals surface area contributed by atoms with E-state index in [4.69, 9.17) is 9.72 Å². The second-order valence-electron chi connectivity index (χ2n) is 7.04. The molecule has 4 rings (SSSR count). The molecule has 1 N–H and O–H groups in total. The van der Waals surface area contributed by atoms with Gasteiger partial charge in [-0.1, -0.05) is 60.2 Å². The lowest BCUT2D eigenvalue weighted by Gasteiger charge is -2.13. The van der Waals surface area contributed by atoms with Crippen LogP contribution < -0.4 is 10.1 Å².